The topological polar surface area (TPSA) is 64.4 Å². The van der Waals surface area contributed by atoms with E-state index in [1.165, 1.54) is 12.1 Å². The third kappa shape index (κ3) is 4.27. The van der Waals surface area contributed by atoms with E-state index in [1.807, 2.05) is 6.07 Å². The summed E-state index contributed by atoms with van der Waals surface area (Å²) in [4.78, 5) is 12.5. The highest BCUT2D eigenvalue weighted by Crippen LogP contribution is 2.24. The zero-order valence-electron chi connectivity index (χ0n) is 14.4. The van der Waals surface area contributed by atoms with Gasteiger partial charge in [0.05, 0.1) is 12.2 Å². The van der Waals surface area contributed by atoms with Crippen molar-refractivity contribution in [3.8, 4) is 17.0 Å². The maximum absolute atomic E-state index is 13.0. The number of anilines is 1. The minimum Gasteiger partial charge on any atom is -0.493 e. The lowest BCUT2D eigenvalue weighted by molar-refractivity contribution is 0.102. The first-order valence-electron chi connectivity index (χ1n) is 8.43. The fourth-order valence-corrected chi connectivity index (χ4v) is 2.38. The second-order valence-corrected chi connectivity index (χ2v) is 5.74. The Morgan fingerprint density at radius 3 is 2.73 bits per heavy atom. The summed E-state index contributed by atoms with van der Waals surface area (Å²) in [7, 11) is 0. The molecule has 1 N–H and O–H groups in total. The molecule has 0 bridgehead atoms. The number of halogens is 1. The number of hydrogen-bond acceptors (Lipinski definition) is 4. The SMILES string of the molecule is CCCCOc1ccccc1C(=O)Nc1cc(-c2ccc(F)cc2)no1. The molecule has 3 rings (SSSR count). The number of aromatic nitrogens is 1. The van der Waals surface area contributed by atoms with E-state index in [4.69, 9.17) is 9.26 Å². The Kier molecular flexibility index (Phi) is 5.63. The number of carbonyl (C=O) groups excluding carboxylic acids is 1. The van der Waals surface area contributed by atoms with Crippen LogP contribution < -0.4 is 10.1 Å². The van der Waals surface area contributed by atoms with Crippen LogP contribution in [0.5, 0.6) is 5.75 Å². The summed E-state index contributed by atoms with van der Waals surface area (Å²) in [5.74, 6) is 0.0544. The quantitative estimate of drug-likeness (QED) is 0.612. The summed E-state index contributed by atoms with van der Waals surface area (Å²) >= 11 is 0. The molecule has 26 heavy (non-hydrogen) atoms. The van der Waals surface area contributed by atoms with Crippen molar-refractivity contribution in [1.82, 2.24) is 5.16 Å². The molecule has 0 spiro atoms. The van der Waals surface area contributed by atoms with Gasteiger partial charge in [0.1, 0.15) is 17.3 Å². The van der Waals surface area contributed by atoms with Crippen LogP contribution in [0.25, 0.3) is 11.3 Å². The molecule has 5 nitrogen and oxygen atoms in total. The monoisotopic (exact) mass is 354 g/mol. The van der Waals surface area contributed by atoms with Gasteiger partial charge in [-0.25, -0.2) is 4.39 Å². The molecule has 1 amide bonds. The molecular weight excluding hydrogens is 335 g/mol. The van der Waals surface area contributed by atoms with Gasteiger partial charge < -0.3 is 9.26 Å². The van der Waals surface area contributed by atoms with Gasteiger partial charge in [0, 0.05) is 11.6 Å². The standard InChI is InChI=1S/C20H19FN2O3/c1-2-3-12-25-18-7-5-4-6-16(18)20(24)22-19-13-17(23-26-19)14-8-10-15(21)11-9-14/h4-11,13H,2-3,12H2,1H3,(H,22,24). The summed E-state index contributed by atoms with van der Waals surface area (Å²) in [6, 6.07) is 14.5. The van der Waals surface area contributed by atoms with E-state index in [1.54, 1.807) is 36.4 Å². The largest absolute Gasteiger partial charge is 0.493 e. The van der Waals surface area contributed by atoms with Crippen molar-refractivity contribution in [3.63, 3.8) is 0 Å². The van der Waals surface area contributed by atoms with Crippen LogP contribution in [-0.4, -0.2) is 17.7 Å². The first-order valence-corrected chi connectivity index (χ1v) is 8.43. The minimum atomic E-state index is -0.348. The summed E-state index contributed by atoms with van der Waals surface area (Å²) in [5, 5.41) is 6.57. The third-order valence-corrected chi connectivity index (χ3v) is 3.77. The number of ether oxygens (including phenoxy) is 1. The van der Waals surface area contributed by atoms with Crippen LogP contribution in [0.2, 0.25) is 0 Å². The maximum atomic E-state index is 13.0. The Morgan fingerprint density at radius 2 is 1.96 bits per heavy atom. The Morgan fingerprint density at radius 1 is 1.19 bits per heavy atom. The average Bonchev–Trinajstić information content (AvgIpc) is 3.11. The Labute approximate surface area is 150 Å². The Balaban J connectivity index is 1.72. The number of carbonyl (C=O) groups is 1. The summed E-state index contributed by atoms with van der Waals surface area (Å²) in [6.45, 7) is 2.63. The molecule has 0 radical (unpaired) electrons. The van der Waals surface area contributed by atoms with Crippen molar-refractivity contribution in [2.75, 3.05) is 11.9 Å². The number of amides is 1. The van der Waals surface area contributed by atoms with Gasteiger partial charge in [-0.05, 0) is 42.8 Å². The van der Waals surface area contributed by atoms with E-state index in [2.05, 4.69) is 17.4 Å². The van der Waals surface area contributed by atoms with E-state index in [0.717, 1.165) is 12.8 Å². The van der Waals surface area contributed by atoms with Crippen molar-refractivity contribution >= 4 is 11.8 Å². The van der Waals surface area contributed by atoms with Gasteiger partial charge in [0.15, 0.2) is 0 Å². The van der Waals surface area contributed by atoms with Crippen LogP contribution in [0.4, 0.5) is 10.3 Å². The molecule has 3 aromatic rings. The van der Waals surface area contributed by atoms with E-state index < -0.39 is 0 Å². The van der Waals surface area contributed by atoms with E-state index in [0.29, 0.717) is 29.2 Å². The zero-order valence-corrected chi connectivity index (χ0v) is 14.4. The molecule has 1 aromatic heterocycles. The number of nitrogens with zero attached hydrogens (tertiary/aromatic N) is 1. The molecule has 0 atom stereocenters. The van der Waals surface area contributed by atoms with Gasteiger partial charge in [-0.15, -0.1) is 0 Å². The van der Waals surface area contributed by atoms with Gasteiger partial charge in [-0.1, -0.05) is 30.6 Å². The fourth-order valence-electron chi connectivity index (χ4n) is 2.38. The smallest absolute Gasteiger partial charge is 0.261 e. The lowest BCUT2D eigenvalue weighted by Crippen LogP contribution is -2.13. The van der Waals surface area contributed by atoms with E-state index in [9.17, 15) is 9.18 Å². The molecule has 0 aliphatic rings. The highest BCUT2D eigenvalue weighted by molar-refractivity contribution is 6.05. The number of rotatable bonds is 7. The minimum absolute atomic E-state index is 0.206. The van der Waals surface area contributed by atoms with Crippen molar-refractivity contribution in [2.45, 2.75) is 19.8 Å². The van der Waals surface area contributed by atoms with E-state index in [-0.39, 0.29) is 17.6 Å². The molecule has 6 heteroatoms. The van der Waals surface area contributed by atoms with Crippen LogP contribution in [-0.2, 0) is 0 Å². The number of hydrogen-bond donors (Lipinski definition) is 1. The second kappa shape index (κ2) is 8.29. The molecule has 0 saturated carbocycles. The third-order valence-electron chi connectivity index (χ3n) is 3.77. The van der Waals surface area contributed by atoms with Crippen LogP contribution >= 0.6 is 0 Å². The van der Waals surface area contributed by atoms with Crippen LogP contribution in [0, 0.1) is 5.82 Å². The van der Waals surface area contributed by atoms with E-state index >= 15 is 0 Å². The molecule has 1 heterocycles. The van der Waals surface area contributed by atoms with Gasteiger partial charge in [0.2, 0.25) is 5.88 Å². The number of benzene rings is 2. The predicted molar refractivity (Wildman–Crippen MR) is 96.7 cm³/mol. The average molecular weight is 354 g/mol. The Hall–Kier alpha value is -3.15. The van der Waals surface area contributed by atoms with Crippen molar-refractivity contribution in [3.05, 3.63) is 66.0 Å². The van der Waals surface area contributed by atoms with Gasteiger partial charge in [0.25, 0.3) is 5.91 Å². The number of para-hydroxylation sites is 1. The highest BCUT2D eigenvalue weighted by Gasteiger charge is 2.15. The predicted octanol–water partition coefficient (Wildman–Crippen LogP) is 4.91. The zero-order chi connectivity index (χ0) is 18.4. The number of nitrogens with one attached hydrogen (secondary N) is 1. The van der Waals surface area contributed by atoms with Crippen molar-refractivity contribution < 1.29 is 18.4 Å². The lowest BCUT2D eigenvalue weighted by atomic mass is 10.1. The molecule has 0 aliphatic heterocycles. The first kappa shape index (κ1) is 17.7. The molecular formula is C20H19FN2O3. The highest BCUT2D eigenvalue weighted by atomic mass is 19.1. The first-order chi connectivity index (χ1) is 12.7. The Bertz CT molecular complexity index is 875. The molecule has 0 fully saturated rings. The lowest BCUT2D eigenvalue weighted by Gasteiger charge is -2.10. The summed E-state index contributed by atoms with van der Waals surface area (Å²) < 4.78 is 23.8. The van der Waals surface area contributed by atoms with Crippen LogP contribution in [0.1, 0.15) is 30.1 Å². The summed E-state index contributed by atoms with van der Waals surface area (Å²) in [5.41, 5.74) is 1.62. The van der Waals surface area contributed by atoms with Gasteiger partial charge in [-0.2, -0.15) is 0 Å². The molecule has 134 valence electrons. The summed E-state index contributed by atoms with van der Waals surface area (Å²) in [6.07, 6.45) is 1.93. The molecule has 0 saturated heterocycles. The molecule has 2 aromatic carbocycles. The normalized spacial score (nSPS) is 10.5. The van der Waals surface area contributed by atoms with Gasteiger partial charge >= 0.3 is 0 Å². The maximum Gasteiger partial charge on any atom is 0.261 e. The van der Waals surface area contributed by atoms with Crippen molar-refractivity contribution in [1.29, 1.82) is 0 Å². The van der Waals surface area contributed by atoms with Crippen LogP contribution in [0.15, 0.2) is 59.1 Å². The van der Waals surface area contributed by atoms with Gasteiger partial charge in [-0.3, -0.25) is 10.1 Å². The van der Waals surface area contributed by atoms with Crippen molar-refractivity contribution in [2.24, 2.45) is 0 Å². The van der Waals surface area contributed by atoms with Crippen LogP contribution in [0.3, 0.4) is 0 Å². The number of unbranched alkanes of at least 4 members (excludes halogenated alkanes) is 1. The molecule has 0 aliphatic carbocycles. The fraction of sp³-hybridized carbons (Fsp3) is 0.200. The molecule has 0 unspecified atom stereocenters. The second-order valence-electron chi connectivity index (χ2n) is 5.74.